The van der Waals surface area contributed by atoms with Gasteiger partial charge in [-0.3, -0.25) is 0 Å². The second-order valence-corrected chi connectivity index (χ2v) is 1.34. The van der Waals surface area contributed by atoms with Gasteiger partial charge in [0, 0.05) is 0 Å². The van der Waals surface area contributed by atoms with Gasteiger partial charge in [0.2, 0.25) is 0 Å². The van der Waals surface area contributed by atoms with Crippen molar-refractivity contribution in [2.24, 2.45) is 0 Å². The average molecular weight is 223 g/mol. The van der Waals surface area contributed by atoms with Gasteiger partial charge < -0.3 is 19.2 Å². The molecule has 0 spiro atoms. The number of hydrogen-bond donors (Lipinski definition) is 0. The largest absolute Gasteiger partial charge is 2.00 e. The molecule has 0 heterocycles. The minimum atomic E-state index is -5.39. The third-order valence-electron chi connectivity index (χ3n) is 0. The maximum atomic E-state index is 8.55. The summed E-state index contributed by atoms with van der Waals surface area (Å²) in [5, 5.41) is 0. The van der Waals surface area contributed by atoms with Crippen molar-refractivity contribution < 1.29 is 74.7 Å². The van der Waals surface area contributed by atoms with Crippen LogP contribution in [0.1, 0.15) is 0 Å². The van der Waals surface area contributed by atoms with Crippen LogP contribution in [0, 0.1) is 0 Å². The molecule has 0 aromatic heterocycles. The molecule has 0 aliphatic rings. The molecule has 8 heteroatoms. The van der Waals surface area contributed by atoms with E-state index in [2.05, 4.69) is 0 Å². The second kappa shape index (κ2) is 8.85. The Hall–Kier alpha value is 1.85. The van der Waals surface area contributed by atoms with Crippen molar-refractivity contribution in [3.8, 4) is 0 Å². The van der Waals surface area contributed by atoms with Crippen LogP contribution in [0.3, 0.4) is 0 Å². The molecule has 0 bridgehead atoms. The maximum Gasteiger partial charge on any atom is 2.00 e. The molecule has 0 amide bonds. The van der Waals surface area contributed by atoms with Gasteiger partial charge in [0.15, 0.2) is 0 Å². The summed E-state index contributed by atoms with van der Waals surface area (Å²) in [6, 6.07) is 0. The van der Waals surface area contributed by atoms with E-state index in [-0.39, 0.29) is 55.4 Å². The molecule has 0 radical (unpaired) electrons. The molecule has 0 unspecified atom stereocenters. The van der Waals surface area contributed by atoms with E-state index in [0.717, 1.165) is 0 Å². The number of phosphoric acid groups is 1. The Morgan fingerprint density at radius 3 is 1.12 bits per heavy atom. The maximum absolute atomic E-state index is 8.55. The third-order valence-corrected chi connectivity index (χ3v) is 0. The molecule has 0 aliphatic carbocycles. The molecule has 0 aromatic carbocycles. The van der Waals surface area contributed by atoms with Gasteiger partial charge in [-0.25, -0.2) is 0 Å². The van der Waals surface area contributed by atoms with E-state index >= 15 is 0 Å². The van der Waals surface area contributed by atoms with Crippen molar-refractivity contribution in [2.75, 3.05) is 0 Å². The van der Waals surface area contributed by atoms with Crippen molar-refractivity contribution in [2.45, 2.75) is 0 Å². The molecular weight excluding hydrogens is 223 g/mol. The zero-order valence-corrected chi connectivity index (χ0v) is 9.11. The second-order valence-electron chi connectivity index (χ2n) is 0.447. The Morgan fingerprint density at radius 2 is 1.12 bits per heavy atom. The quantitative estimate of drug-likeness (QED) is 0.302. The summed E-state index contributed by atoms with van der Waals surface area (Å²) in [7, 11) is -5.39. The van der Waals surface area contributed by atoms with Crippen molar-refractivity contribution in [1.82, 2.24) is 0 Å². The van der Waals surface area contributed by atoms with Gasteiger partial charge in [-0.15, -0.1) is 0 Å². The van der Waals surface area contributed by atoms with E-state index in [1.54, 1.807) is 0 Å². The van der Waals surface area contributed by atoms with Crippen molar-refractivity contribution >= 4 is 7.82 Å². The SMILES string of the molecule is O=P([O-])([O-])[O-].[Fe+2].[Li+].[Zn+2]. The van der Waals surface area contributed by atoms with Crippen molar-refractivity contribution in [3.63, 3.8) is 0 Å². The van der Waals surface area contributed by atoms with Crippen molar-refractivity contribution in [1.29, 1.82) is 0 Å². The van der Waals surface area contributed by atoms with E-state index < -0.39 is 7.82 Å². The first-order chi connectivity index (χ1) is 2.00. The van der Waals surface area contributed by atoms with E-state index in [9.17, 15) is 0 Å². The summed E-state index contributed by atoms with van der Waals surface area (Å²) >= 11 is 0. The van der Waals surface area contributed by atoms with E-state index in [1.807, 2.05) is 0 Å². The number of hydrogen-bond acceptors (Lipinski definition) is 4. The minimum absolute atomic E-state index is 0. The van der Waals surface area contributed by atoms with Crippen LogP contribution in [0.15, 0.2) is 0 Å². The van der Waals surface area contributed by atoms with Crippen LogP contribution < -0.4 is 33.5 Å². The fourth-order valence-corrected chi connectivity index (χ4v) is 0. The Balaban J connectivity index is -0.0000000267. The molecule has 38 valence electrons. The Bertz CT molecular complexity index is 62.2. The van der Waals surface area contributed by atoms with E-state index in [4.69, 9.17) is 19.2 Å². The van der Waals surface area contributed by atoms with Crippen LogP contribution in [-0.4, -0.2) is 0 Å². The molecule has 0 atom stereocenters. The fraction of sp³-hybridized carbons (Fsp3) is 0. The van der Waals surface area contributed by atoms with Gasteiger partial charge in [-0.2, -0.15) is 7.82 Å². The fourth-order valence-electron chi connectivity index (χ4n) is 0. The molecule has 0 saturated carbocycles. The molecule has 4 nitrogen and oxygen atoms in total. The average Bonchev–Trinajstić information content (AvgIpc) is 0.722. The molecule has 0 fully saturated rings. The van der Waals surface area contributed by atoms with Crippen LogP contribution in [0.5, 0.6) is 0 Å². The summed E-state index contributed by atoms with van der Waals surface area (Å²) in [6.07, 6.45) is 0. The van der Waals surface area contributed by atoms with Gasteiger partial charge >= 0.3 is 55.4 Å². The smallest absolute Gasteiger partial charge is 0.822 e. The first kappa shape index (κ1) is 22.5. The van der Waals surface area contributed by atoms with Crippen LogP contribution in [0.25, 0.3) is 0 Å². The van der Waals surface area contributed by atoms with Gasteiger partial charge in [0.05, 0.1) is 0 Å². The summed E-state index contributed by atoms with van der Waals surface area (Å²) in [4.78, 5) is 25.6. The standard InChI is InChI=1S/Fe.Li.H3O4P.Zn/c;;1-5(2,3)4;/h;;(H3,1,2,3,4);/q+2;+1;;+2/p-3. The zero-order chi connectivity index (χ0) is 4.50. The molecule has 0 rings (SSSR count). The van der Waals surface area contributed by atoms with Crippen LogP contribution in [0.2, 0.25) is 0 Å². The first-order valence-corrected chi connectivity index (χ1v) is 2.19. The molecule has 0 aromatic rings. The normalized spacial score (nSPS) is 7.38. The topological polar surface area (TPSA) is 86.2 Å². The zero-order valence-electron chi connectivity index (χ0n) is 4.14. The Kier molecular flexibility index (Phi) is 24.9. The van der Waals surface area contributed by atoms with Gasteiger partial charge in [-0.05, 0) is 0 Å². The number of rotatable bonds is 0. The summed E-state index contributed by atoms with van der Waals surface area (Å²) in [5.74, 6) is 0. The minimum Gasteiger partial charge on any atom is -0.822 e. The Labute approximate surface area is 82.1 Å². The van der Waals surface area contributed by atoms with Gasteiger partial charge in [0.1, 0.15) is 0 Å². The summed E-state index contributed by atoms with van der Waals surface area (Å²) < 4.78 is 8.55. The molecule has 0 saturated heterocycles. The van der Waals surface area contributed by atoms with E-state index in [0.29, 0.717) is 0 Å². The first-order valence-electron chi connectivity index (χ1n) is 0.730. The molecular formula is FeLiO4PZn+2. The van der Waals surface area contributed by atoms with E-state index in [1.165, 1.54) is 0 Å². The van der Waals surface area contributed by atoms with Crippen molar-refractivity contribution in [3.05, 3.63) is 0 Å². The monoisotopic (exact) mass is 222 g/mol. The van der Waals surface area contributed by atoms with Crippen LogP contribution in [-0.2, 0) is 41.1 Å². The summed E-state index contributed by atoms with van der Waals surface area (Å²) in [6.45, 7) is 0. The van der Waals surface area contributed by atoms with Crippen LogP contribution >= 0.6 is 7.82 Å². The predicted molar refractivity (Wildman–Crippen MR) is 7.61 cm³/mol. The summed E-state index contributed by atoms with van der Waals surface area (Å²) in [5.41, 5.74) is 0. The van der Waals surface area contributed by atoms with Gasteiger partial charge in [0.25, 0.3) is 0 Å². The molecule has 0 aliphatic heterocycles. The van der Waals surface area contributed by atoms with Crippen LogP contribution in [0.4, 0.5) is 0 Å². The predicted octanol–water partition coefficient (Wildman–Crippen LogP) is -5.83. The Morgan fingerprint density at radius 1 is 1.12 bits per heavy atom. The van der Waals surface area contributed by atoms with Gasteiger partial charge in [-0.1, -0.05) is 0 Å². The third kappa shape index (κ3) is 108. The molecule has 8 heavy (non-hydrogen) atoms. The molecule has 0 N–H and O–H groups in total.